The summed E-state index contributed by atoms with van der Waals surface area (Å²) in [6.07, 6.45) is 3.43. The lowest BCUT2D eigenvalue weighted by Crippen LogP contribution is -2.44. The summed E-state index contributed by atoms with van der Waals surface area (Å²) < 4.78 is 12.2. The van der Waals surface area contributed by atoms with Crippen LogP contribution in [0.5, 0.6) is 0 Å². The van der Waals surface area contributed by atoms with E-state index in [1.807, 2.05) is 26.0 Å². The SMILES string of the molecule is CCCCOC1(OCCCC)N=C(N)C2(C#N)C(c3ccc(Cl)cc3)C12C#N. The zero-order valence-electron chi connectivity index (χ0n) is 16.2. The van der Waals surface area contributed by atoms with Crippen LogP contribution >= 0.6 is 11.6 Å². The number of hydrogen-bond donors (Lipinski definition) is 1. The average Bonchev–Trinajstić information content (AvgIpc) is 3.27. The molecular weight excluding hydrogens is 376 g/mol. The van der Waals surface area contributed by atoms with Gasteiger partial charge in [-0.3, -0.25) is 0 Å². The first-order valence-corrected chi connectivity index (χ1v) is 10.1. The second-order valence-corrected chi connectivity index (χ2v) is 7.74. The van der Waals surface area contributed by atoms with Gasteiger partial charge in [0.2, 0.25) is 0 Å². The normalized spacial score (nSPS) is 29.5. The topological polar surface area (TPSA) is 104 Å². The van der Waals surface area contributed by atoms with Crippen molar-refractivity contribution >= 4 is 17.4 Å². The fourth-order valence-corrected chi connectivity index (χ4v) is 4.35. The Labute approximate surface area is 170 Å². The maximum Gasteiger partial charge on any atom is 0.293 e. The molecule has 28 heavy (non-hydrogen) atoms. The van der Waals surface area contributed by atoms with Gasteiger partial charge in [-0.05, 0) is 30.5 Å². The third kappa shape index (κ3) is 2.63. The van der Waals surface area contributed by atoms with Crippen molar-refractivity contribution in [1.29, 1.82) is 10.5 Å². The molecule has 0 amide bonds. The van der Waals surface area contributed by atoms with Crippen molar-refractivity contribution in [1.82, 2.24) is 0 Å². The number of halogens is 1. The molecule has 0 aromatic heterocycles. The first kappa shape index (κ1) is 20.6. The van der Waals surface area contributed by atoms with Gasteiger partial charge in [-0.25, -0.2) is 4.99 Å². The highest BCUT2D eigenvalue weighted by Crippen LogP contribution is 2.82. The van der Waals surface area contributed by atoms with Crippen LogP contribution in [0.1, 0.15) is 51.0 Å². The Kier molecular flexibility index (Phi) is 5.68. The number of ether oxygens (including phenoxy) is 2. The second-order valence-electron chi connectivity index (χ2n) is 7.31. The summed E-state index contributed by atoms with van der Waals surface area (Å²) in [5, 5.41) is 21.0. The first-order valence-electron chi connectivity index (χ1n) is 9.71. The minimum Gasteiger partial charge on any atom is -0.386 e. The van der Waals surface area contributed by atoms with E-state index >= 15 is 0 Å². The number of fused-ring (bicyclic) bond motifs is 1. The molecule has 7 heteroatoms. The van der Waals surface area contributed by atoms with Crippen LogP contribution in [0, 0.1) is 33.5 Å². The molecule has 2 aliphatic rings. The first-order chi connectivity index (χ1) is 13.5. The van der Waals surface area contributed by atoms with E-state index in [2.05, 4.69) is 17.1 Å². The maximum absolute atomic E-state index is 10.3. The van der Waals surface area contributed by atoms with Gasteiger partial charge in [-0.15, -0.1) is 0 Å². The summed E-state index contributed by atoms with van der Waals surface area (Å²) in [6, 6.07) is 11.8. The lowest BCUT2D eigenvalue weighted by Gasteiger charge is -2.32. The van der Waals surface area contributed by atoms with Gasteiger partial charge in [0.15, 0.2) is 5.41 Å². The van der Waals surface area contributed by atoms with E-state index in [0.29, 0.717) is 18.2 Å². The zero-order chi connectivity index (χ0) is 20.4. The van der Waals surface area contributed by atoms with Crippen molar-refractivity contribution in [2.45, 2.75) is 51.4 Å². The van der Waals surface area contributed by atoms with Crippen LogP contribution in [0.4, 0.5) is 0 Å². The Bertz CT molecular complexity index is 831. The van der Waals surface area contributed by atoms with E-state index in [0.717, 1.165) is 31.2 Å². The predicted molar refractivity (Wildman–Crippen MR) is 106 cm³/mol. The minimum atomic E-state index is -1.57. The average molecular weight is 401 g/mol. The fraction of sp³-hybridized carbons (Fsp3) is 0.571. The number of benzene rings is 1. The van der Waals surface area contributed by atoms with Crippen molar-refractivity contribution in [3.05, 3.63) is 34.9 Å². The summed E-state index contributed by atoms with van der Waals surface area (Å²) in [6.45, 7) is 4.84. The summed E-state index contributed by atoms with van der Waals surface area (Å²) >= 11 is 6.02. The number of aliphatic imine (C=N–C) groups is 1. The van der Waals surface area contributed by atoms with Gasteiger partial charge < -0.3 is 15.2 Å². The van der Waals surface area contributed by atoms with Gasteiger partial charge in [0.1, 0.15) is 11.3 Å². The molecule has 1 aliphatic heterocycles. The van der Waals surface area contributed by atoms with Gasteiger partial charge in [0.25, 0.3) is 5.91 Å². The van der Waals surface area contributed by atoms with Crippen molar-refractivity contribution in [3.63, 3.8) is 0 Å². The molecule has 3 rings (SSSR count). The molecule has 0 radical (unpaired) electrons. The molecular formula is C21H25ClN4O2. The third-order valence-corrected chi connectivity index (χ3v) is 5.97. The van der Waals surface area contributed by atoms with Crippen LogP contribution in [-0.2, 0) is 9.47 Å². The molecule has 3 atom stereocenters. The molecule has 0 saturated heterocycles. The van der Waals surface area contributed by atoms with Crippen LogP contribution in [0.25, 0.3) is 0 Å². The van der Waals surface area contributed by atoms with Crippen LogP contribution in [0.3, 0.4) is 0 Å². The summed E-state index contributed by atoms with van der Waals surface area (Å²) in [5.74, 6) is -1.96. The smallest absolute Gasteiger partial charge is 0.293 e. The molecule has 1 saturated carbocycles. The molecule has 1 aromatic rings. The zero-order valence-corrected chi connectivity index (χ0v) is 17.0. The van der Waals surface area contributed by atoms with Gasteiger partial charge in [0, 0.05) is 10.9 Å². The third-order valence-electron chi connectivity index (χ3n) is 5.72. The van der Waals surface area contributed by atoms with Crippen LogP contribution in [0.15, 0.2) is 29.3 Å². The van der Waals surface area contributed by atoms with Crippen molar-refractivity contribution in [2.75, 3.05) is 13.2 Å². The van der Waals surface area contributed by atoms with Crippen LogP contribution < -0.4 is 5.73 Å². The van der Waals surface area contributed by atoms with E-state index in [-0.39, 0.29) is 5.84 Å². The van der Waals surface area contributed by atoms with E-state index in [9.17, 15) is 10.5 Å². The second kappa shape index (κ2) is 7.72. The van der Waals surface area contributed by atoms with E-state index < -0.39 is 22.7 Å². The van der Waals surface area contributed by atoms with Gasteiger partial charge in [-0.1, -0.05) is 50.4 Å². The molecule has 1 aromatic carbocycles. The number of rotatable bonds is 9. The predicted octanol–water partition coefficient (Wildman–Crippen LogP) is 4.12. The summed E-state index contributed by atoms with van der Waals surface area (Å²) in [4.78, 5) is 4.45. The molecule has 1 aliphatic carbocycles. The number of nitriles is 2. The highest BCUT2D eigenvalue weighted by atomic mass is 35.5. The van der Waals surface area contributed by atoms with Crippen LogP contribution in [-0.4, -0.2) is 25.0 Å². The Morgan fingerprint density at radius 1 is 1.07 bits per heavy atom. The highest BCUT2D eigenvalue weighted by Gasteiger charge is 2.93. The number of unbranched alkanes of at least 4 members (excludes halogenated alkanes) is 2. The fourth-order valence-electron chi connectivity index (χ4n) is 4.22. The standard InChI is InChI=1S/C21H25ClN4O2/c1-3-5-11-27-21(28-12-6-4-2)20(14-24)17(15-7-9-16(22)10-8-15)19(20,13-23)18(25)26-21/h7-10,17H,3-6,11-12H2,1-2H3,(H2,25,26). The molecule has 1 fully saturated rings. The van der Waals surface area contributed by atoms with Crippen molar-refractivity contribution < 1.29 is 9.47 Å². The van der Waals surface area contributed by atoms with E-state index in [4.69, 9.17) is 26.8 Å². The van der Waals surface area contributed by atoms with Gasteiger partial charge in [0.05, 0.1) is 25.4 Å². The Morgan fingerprint density at radius 3 is 2.11 bits per heavy atom. The molecule has 0 spiro atoms. The number of nitrogens with zero attached hydrogens (tertiary/aromatic N) is 3. The molecule has 3 unspecified atom stereocenters. The minimum absolute atomic E-state index is 0.101. The lowest BCUT2D eigenvalue weighted by molar-refractivity contribution is -0.260. The molecule has 1 heterocycles. The number of amidine groups is 1. The summed E-state index contributed by atoms with van der Waals surface area (Å²) in [5.41, 5.74) is 4.46. The van der Waals surface area contributed by atoms with Crippen LogP contribution in [0.2, 0.25) is 5.02 Å². The van der Waals surface area contributed by atoms with E-state index in [1.54, 1.807) is 12.1 Å². The van der Waals surface area contributed by atoms with E-state index in [1.165, 1.54) is 0 Å². The van der Waals surface area contributed by atoms with Gasteiger partial charge in [-0.2, -0.15) is 10.5 Å². The Morgan fingerprint density at radius 2 is 1.64 bits per heavy atom. The van der Waals surface area contributed by atoms with Crippen molar-refractivity contribution in [2.24, 2.45) is 21.6 Å². The maximum atomic E-state index is 10.3. The Hall–Kier alpha value is -2.12. The largest absolute Gasteiger partial charge is 0.386 e. The van der Waals surface area contributed by atoms with Crippen molar-refractivity contribution in [3.8, 4) is 12.1 Å². The van der Waals surface area contributed by atoms with Gasteiger partial charge >= 0.3 is 0 Å². The lowest BCUT2D eigenvalue weighted by atomic mass is 9.93. The monoisotopic (exact) mass is 400 g/mol. The molecule has 2 N–H and O–H groups in total. The quantitative estimate of drug-likeness (QED) is 0.496. The number of nitrogens with two attached hydrogens (primary N) is 1. The Balaban J connectivity index is 2.08. The highest BCUT2D eigenvalue weighted by molar-refractivity contribution is 6.30. The number of hydrogen-bond acceptors (Lipinski definition) is 6. The molecule has 0 bridgehead atoms. The molecule has 148 valence electrons. The summed E-state index contributed by atoms with van der Waals surface area (Å²) in [7, 11) is 0. The molecule has 6 nitrogen and oxygen atoms in total.